The SMILES string of the molecule is CC1(C)CCCNC1CNc1cccc(Br)c1C(N)=O. The number of rotatable bonds is 4. The monoisotopic (exact) mass is 339 g/mol. The molecule has 0 radical (unpaired) electrons. The van der Waals surface area contributed by atoms with Crippen molar-refractivity contribution in [3.8, 4) is 0 Å². The minimum atomic E-state index is -0.421. The summed E-state index contributed by atoms with van der Waals surface area (Å²) < 4.78 is 0.728. The van der Waals surface area contributed by atoms with Gasteiger partial charge in [0, 0.05) is 22.7 Å². The molecule has 1 aliphatic heterocycles. The Labute approximate surface area is 128 Å². The molecule has 4 N–H and O–H groups in total. The Bertz CT molecular complexity index is 502. The van der Waals surface area contributed by atoms with Gasteiger partial charge in [-0.05, 0) is 52.9 Å². The lowest BCUT2D eigenvalue weighted by Crippen LogP contribution is -2.50. The molecule has 4 nitrogen and oxygen atoms in total. The third kappa shape index (κ3) is 3.33. The van der Waals surface area contributed by atoms with Crippen molar-refractivity contribution in [2.75, 3.05) is 18.4 Å². The van der Waals surface area contributed by atoms with Gasteiger partial charge < -0.3 is 16.4 Å². The summed E-state index contributed by atoms with van der Waals surface area (Å²) in [5.41, 5.74) is 7.01. The molecule has 1 amide bonds. The maximum absolute atomic E-state index is 11.6. The number of hydrogen-bond donors (Lipinski definition) is 3. The fourth-order valence-corrected chi connectivity index (χ4v) is 3.31. The van der Waals surface area contributed by atoms with Crippen LogP contribution in [0.2, 0.25) is 0 Å². The second-order valence-corrected chi connectivity index (χ2v) is 6.86. The molecule has 110 valence electrons. The summed E-state index contributed by atoms with van der Waals surface area (Å²) in [6.07, 6.45) is 2.43. The average molecular weight is 340 g/mol. The second kappa shape index (κ2) is 6.14. The topological polar surface area (TPSA) is 67.2 Å². The number of primary amides is 1. The molecule has 0 spiro atoms. The van der Waals surface area contributed by atoms with Crippen LogP contribution < -0.4 is 16.4 Å². The molecule has 1 unspecified atom stereocenters. The van der Waals surface area contributed by atoms with Crippen molar-refractivity contribution in [3.05, 3.63) is 28.2 Å². The van der Waals surface area contributed by atoms with Crippen LogP contribution in [0.15, 0.2) is 22.7 Å². The number of carbonyl (C=O) groups excluding carboxylic acids is 1. The molecular formula is C15H22BrN3O. The smallest absolute Gasteiger partial charge is 0.251 e. The molecule has 5 heteroatoms. The highest BCUT2D eigenvalue weighted by Crippen LogP contribution is 2.31. The van der Waals surface area contributed by atoms with Crippen molar-refractivity contribution in [1.29, 1.82) is 0 Å². The zero-order valence-electron chi connectivity index (χ0n) is 12.0. The number of benzene rings is 1. The van der Waals surface area contributed by atoms with Gasteiger partial charge >= 0.3 is 0 Å². The Morgan fingerprint density at radius 2 is 2.30 bits per heavy atom. The van der Waals surface area contributed by atoms with Gasteiger partial charge in [0.15, 0.2) is 0 Å². The van der Waals surface area contributed by atoms with Crippen molar-refractivity contribution in [2.24, 2.45) is 11.1 Å². The summed E-state index contributed by atoms with van der Waals surface area (Å²) in [7, 11) is 0. The third-order valence-corrected chi connectivity index (χ3v) is 4.75. The molecule has 2 rings (SSSR count). The van der Waals surface area contributed by atoms with Crippen molar-refractivity contribution in [1.82, 2.24) is 5.32 Å². The van der Waals surface area contributed by atoms with Crippen LogP contribution in [0.3, 0.4) is 0 Å². The zero-order chi connectivity index (χ0) is 14.8. The molecule has 0 aliphatic carbocycles. The van der Waals surface area contributed by atoms with Gasteiger partial charge in [0.2, 0.25) is 0 Å². The number of anilines is 1. The summed E-state index contributed by atoms with van der Waals surface area (Å²) in [5, 5.41) is 6.92. The van der Waals surface area contributed by atoms with Gasteiger partial charge in [-0.25, -0.2) is 0 Å². The van der Waals surface area contributed by atoms with Gasteiger partial charge in [-0.15, -0.1) is 0 Å². The molecule has 1 fully saturated rings. The van der Waals surface area contributed by atoms with E-state index in [1.807, 2.05) is 18.2 Å². The molecule has 1 saturated heterocycles. The van der Waals surface area contributed by atoms with Gasteiger partial charge in [0.05, 0.1) is 5.56 Å². The van der Waals surface area contributed by atoms with Gasteiger partial charge in [-0.1, -0.05) is 19.9 Å². The summed E-state index contributed by atoms with van der Waals surface area (Å²) >= 11 is 3.38. The Hall–Kier alpha value is -1.07. The maximum Gasteiger partial charge on any atom is 0.251 e. The van der Waals surface area contributed by atoms with Gasteiger partial charge in [0.25, 0.3) is 5.91 Å². The van der Waals surface area contributed by atoms with E-state index in [9.17, 15) is 4.79 Å². The van der Waals surface area contributed by atoms with Crippen LogP contribution in [0.4, 0.5) is 5.69 Å². The number of piperidine rings is 1. The Kier molecular flexibility index (Phi) is 4.70. The quantitative estimate of drug-likeness (QED) is 0.790. The average Bonchev–Trinajstić information content (AvgIpc) is 2.36. The Balaban J connectivity index is 2.11. The molecule has 0 aromatic heterocycles. The molecule has 1 aliphatic rings. The molecule has 1 heterocycles. The van der Waals surface area contributed by atoms with Crippen LogP contribution in [0, 0.1) is 5.41 Å². The van der Waals surface area contributed by atoms with Crippen molar-refractivity contribution >= 4 is 27.5 Å². The van der Waals surface area contributed by atoms with E-state index in [0.29, 0.717) is 11.6 Å². The van der Waals surface area contributed by atoms with E-state index in [-0.39, 0.29) is 5.41 Å². The molecule has 1 atom stereocenters. The van der Waals surface area contributed by atoms with Gasteiger partial charge in [-0.2, -0.15) is 0 Å². The summed E-state index contributed by atoms with van der Waals surface area (Å²) in [6.45, 7) is 6.39. The lowest BCUT2D eigenvalue weighted by molar-refractivity contribution is 0.100. The molecule has 20 heavy (non-hydrogen) atoms. The Morgan fingerprint density at radius 1 is 1.55 bits per heavy atom. The summed E-state index contributed by atoms with van der Waals surface area (Å²) in [5.74, 6) is -0.421. The highest BCUT2D eigenvalue weighted by atomic mass is 79.9. The van der Waals surface area contributed by atoms with Crippen molar-refractivity contribution in [3.63, 3.8) is 0 Å². The number of carbonyl (C=O) groups is 1. The van der Waals surface area contributed by atoms with E-state index in [4.69, 9.17) is 5.73 Å². The standard InChI is InChI=1S/C15H22BrN3O/c1-15(2)7-4-8-18-12(15)9-19-11-6-3-5-10(16)13(11)14(17)20/h3,5-6,12,18-19H,4,7-9H2,1-2H3,(H2,17,20). The van der Waals surface area contributed by atoms with Crippen LogP contribution in [-0.4, -0.2) is 25.0 Å². The molecule has 0 bridgehead atoms. The van der Waals surface area contributed by atoms with Gasteiger partial charge in [-0.3, -0.25) is 4.79 Å². The number of amides is 1. The lowest BCUT2D eigenvalue weighted by Gasteiger charge is -2.39. The minimum Gasteiger partial charge on any atom is -0.383 e. The van der Waals surface area contributed by atoms with Crippen molar-refractivity contribution < 1.29 is 4.79 Å². The van der Waals surface area contributed by atoms with Gasteiger partial charge in [0.1, 0.15) is 0 Å². The van der Waals surface area contributed by atoms with Crippen molar-refractivity contribution in [2.45, 2.75) is 32.7 Å². The maximum atomic E-state index is 11.6. The molecular weight excluding hydrogens is 318 g/mol. The normalized spacial score (nSPS) is 21.4. The third-order valence-electron chi connectivity index (χ3n) is 4.09. The fraction of sp³-hybridized carbons (Fsp3) is 0.533. The predicted molar refractivity (Wildman–Crippen MR) is 86.0 cm³/mol. The zero-order valence-corrected chi connectivity index (χ0v) is 13.6. The number of hydrogen-bond acceptors (Lipinski definition) is 3. The van der Waals surface area contributed by atoms with Crippen LogP contribution >= 0.6 is 15.9 Å². The van der Waals surface area contributed by atoms with E-state index in [1.54, 1.807) is 0 Å². The Morgan fingerprint density at radius 3 is 2.95 bits per heavy atom. The van der Waals surface area contributed by atoms with E-state index in [2.05, 4.69) is 40.4 Å². The first-order valence-corrected chi connectivity index (χ1v) is 7.77. The summed E-state index contributed by atoms with van der Waals surface area (Å²) in [4.78, 5) is 11.6. The fourth-order valence-electron chi connectivity index (χ4n) is 2.75. The highest BCUT2D eigenvalue weighted by Gasteiger charge is 2.31. The lowest BCUT2D eigenvalue weighted by atomic mass is 9.77. The first-order chi connectivity index (χ1) is 9.42. The largest absolute Gasteiger partial charge is 0.383 e. The number of halogens is 1. The first kappa shape index (κ1) is 15.3. The summed E-state index contributed by atoms with van der Waals surface area (Å²) in [6, 6.07) is 6.00. The number of nitrogens with two attached hydrogens (primary N) is 1. The number of nitrogens with one attached hydrogen (secondary N) is 2. The highest BCUT2D eigenvalue weighted by molar-refractivity contribution is 9.10. The van der Waals surface area contributed by atoms with E-state index >= 15 is 0 Å². The second-order valence-electron chi connectivity index (χ2n) is 6.01. The van der Waals surface area contributed by atoms with Crippen LogP contribution in [-0.2, 0) is 0 Å². The van der Waals surface area contributed by atoms with Crippen LogP contribution in [0.5, 0.6) is 0 Å². The minimum absolute atomic E-state index is 0.254. The van der Waals surface area contributed by atoms with E-state index in [1.165, 1.54) is 12.8 Å². The van der Waals surface area contributed by atoms with Crippen LogP contribution in [0.25, 0.3) is 0 Å². The first-order valence-electron chi connectivity index (χ1n) is 6.97. The molecule has 1 aromatic rings. The molecule has 1 aromatic carbocycles. The van der Waals surface area contributed by atoms with Crippen LogP contribution in [0.1, 0.15) is 37.0 Å². The van der Waals surface area contributed by atoms with E-state index < -0.39 is 5.91 Å². The van der Waals surface area contributed by atoms with E-state index in [0.717, 1.165) is 23.2 Å². The molecule has 0 saturated carbocycles. The predicted octanol–water partition coefficient (Wildman–Crippen LogP) is 2.74.